The first kappa shape index (κ1) is 15.6. The average Bonchev–Trinajstić information content (AvgIpc) is 2.98. The van der Waals surface area contributed by atoms with Crippen LogP contribution in [0.4, 0.5) is 0 Å². The van der Waals surface area contributed by atoms with Gasteiger partial charge in [-0.25, -0.2) is 13.1 Å². The minimum atomic E-state index is -3.67. The minimum absolute atomic E-state index is 0.0563. The van der Waals surface area contributed by atoms with Crippen LogP contribution < -0.4 is 4.72 Å². The van der Waals surface area contributed by atoms with Crippen molar-refractivity contribution in [1.82, 2.24) is 29.1 Å². The number of hydrogen-bond acceptors (Lipinski definition) is 5. The Morgan fingerprint density at radius 2 is 1.91 bits per heavy atom. The van der Waals surface area contributed by atoms with Crippen LogP contribution in [0.1, 0.15) is 22.8 Å². The highest BCUT2D eigenvalue weighted by molar-refractivity contribution is 7.89. The maximum absolute atomic E-state index is 12.6. The van der Waals surface area contributed by atoms with E-state index in [9.17, 15) is 8.42 Å². The maximum Gasteiger partial charge on any atom is 0.244 e. The van der Waals surface area contributed by atoms with Crippen molar-refractivity contribution in [1.29, 1.82) is 0 Å². The molecule has 1 N–H and O–H groups in total. The first-order valence-corrected chi connectivity index (χ1v) is 8.58. The number of aromatic nitrogens is 5. The number of nitrogens with one attached hydrogen (secondary N) is 1. The van der Waals surface area contributed by atoms with E-state index in [1.807, 2.05) is 25.3 Å². The third kappa shape index (κ3) is 2.73. The smallest absolute Gasteiger partial charge is 0.244 e. The summed E-state index contributed by atoms with van der Waals surface area (Å²) in [6, 6.07) is 3.77. The zero-order valence-electron chi connectivity index (χ0n) is 13.4. The van der Waals surface area contributed by atoms with E-state index in [1.165, 1.54) is 0 Å². The van der Waals surface area contributed by atoms with Gasteiger partial charge in [0.15, 0.2) is 11.5 Å². The van der Waals surface area contributed by atoms with Gasteiger partial charge < -0.3 is 0 Å². The van der Waals surface area contributed by atoms with E-state index < -0.39 is 10.0 Å². The highest BCUT2D eigenvalue weighted by Crippen LogP contribution is 2.18. The standard InChI is InChI=1S/C14H18N6O2S/c1-9-5-6-12-16-17-13(20(12)8-9)7-15-23(21,22)14-10(2)18-19(4)11(14)3/h5-6,8,15H,7H2,1-4H3. The molecule has 3 aromatic rings. The number of hydrogen-bond donors (Lipinski definition) is 1. The lowest BCUT2D eigenvalue weighted by Gasteiger charge is -2.06. The van der Waals surface area contributed by atoms with E-state index in [0.29, 0.717) is 22.9 Å². The van der Waals surface area contributed by atoms with Gasteiger partial charge in [0.1, 0.15) is 4.90 Å². The van der Waals surface area contributed by atoms with E-state index >= 15 is 0 Å². The average molecular weight is 334 g/mol. The van der Waals surface area contributed by atoms with Crippen molar-refractivity contribution in [3.8, 4) is 0 Å². The number of pyridine rings is 1. The molecule has 0 atom stereocenters. The SMILES string of the molecule is Cc1ccc2nnc(CNS(=O)(=O)c3c(C)nn(C)c3C)n2c1. The quantitative estimate of drug-likeness (QED) is 0.764. The van der Waals surface area contributed by atoms with Crippen LogP contribution in [0.3, 0.4) is 0 Å². The molecule has 0 aliphatic carbocycles. The second-order valence-corrected chi connectivity index (χ2v) is 7.20. The summed E-state index contributed by atoms with van der Waals surface area (Å²) >= 11 is 0. The molecule has 9 heteroatoms. The summed E-state index contributed by atoms with van der Waals surface area (Å²) in [5, 5.41) is 12.2. The van der Waals surface area contributed by atoms with Crippen molar-refractivity contribution < 1.29 is 8.42 Å². The van der Waals surface area contributed by atoms with Crippen LogP contribution in [0.2, 0.25) is 0 Å². The van der Waals surface area contributed by atoms with Crippen LogP contribution in [-0.2, 0) is 23.6 Å². The lowest BCUT2D eigenvalue weighted by Crippen LogP contribution is -2.25. The lowest BCUT2D eigenvalue weighted by molar-refractivity contribution is 0.577. The fourth-order valence-corrected chi connectivity index (χ4v) is 3.95. The third-order valence-electron chi connectivity index (χ3n) is 3.75. The largest absolute Gasteiger partial charge is 0.285 e. The van der Waals surface area contributed by atoms with Gasteiger partial charge in [-0.3, -0.25) is 9.08 Å². The molecular formula is C14H18N6O2S. The third-order valence-corrected chi connectivity index (χ3v) is 5.41. The topological polar surface area (TPSA) is 94.2 Å². The Labute approximate surface area is 134 Å². The zero-order chi connectivity index (χ0) is 16.8. The lowest BCUT2D eigenvalue weighted by atomic mass is 10.3. The zero-order valence-corrected chi connectivity index (χ0v) is 14.2. The van der Waals surface area contributed by atoms with Crippen LogP contribution in [0.25, 0.3) is 5.65 Å². The summed E-state index contributed by atoms with van der Waals surface area (Å²) in [5.74, 6) is 0.534. The molecule has 0 bridgehead atoms. The van der Waals surface area contributed by atoms with Crippen molar-refractivity contribution >= 4 is 15.7 Å². The molecule has 0 aliphatic heterocycles. The van der Waals surface area contributed by atoms with Gasteiger partial charge in [0, 0.05) is 13.2 Å². The predicted molar refractivity (Wildman–Crippen MR) is 84.4 cm³/mol. The second kappa shape index (κ2) is 5.43. The van der Waals surface area contributed by atoms with Gasteiger partial charge in [0.05, 0.1) is 17.9 Å². The molecule has 3 heterocycles. The Bertz CT molecular complexity index is 986. The van der Waals surface area contributed by atoms with Gasteiger partial charge in [-0.15, -0.1) is 10.2 Å². The highest BCUT2D eigenvalue weighted by atomic mass is 32.2. The van der Waals surface area contributed by atoms with E-state index in [0.717, 1.165) is 5.56 Å². The number of fused-ring (bicyclic) bond motifs is 1. The molecule has 3 rings (SSSR count). The monoisotopic (exact) mass is 334 g/mol. The molecule has 0 unspecified atom stereocenters. The summed E-state index contributed by atoms with van der Waals surface area (Å²) in [5.41, 5.74) is 2.79. The van der Waals surface area contributed by atoms with Crippen LogP contribution in [0.15, 0.2) is 23.2 Å². The first-order chi connectivity index (χ1) is 10.8. The van der Waals surface area contributed by atoms with Crippen LogP contribution in [-0.4, -0.2) is 32.8 Å². The molecule has 8 nitrogen and oxygen atoms in total. The normalized spacial score (nSPS) is 12.2. The second-order valence-electron chi connectivity index (χ2n) is 5.50. The van der Waals surface area contributed by atoms with Gasteiger partial charge in [-0.2, -0.15) is 5.10 Å². The Morgan fingerprint density at radius 3 is 2.57 bits per heavy atom. The molecular weight excluding hydrogens is 316 g/mol. The van der Waals surface area contributed by atoms with E-state index in [-0.39, 0.29) is 11.4 Å². The maximum atomic E-state index is 12.6. The van der Waals surface area contributed by atoms with Gasteiger partial charge in [0.25, 0.3) is 0 Å². The number of sulfonamides is 1. The molecule has 0 aliphatic rings. The minimum Gasteiger partial charge on any atom is -0.285 e. The molecule has 23 heavy (non-hydrogen) atoms. The van der Waals surface area contributed by atoms with E-state index in [2.05, 4.69) is 20.0 Å². The molecule has 3 aromatic heterocycles. The van der Waals surface area contributed by atoms with Gasteiger partial charge in [-0.05, 0) is 32.4 Å². The number of nitrogens with zero attached hydrogens (tertiary/aromatic N) is 5. The van der Waals surface area contributed by atoms with Gasteiger partial charge in [-0.1, -0.05) is 6.07 Å². The Balaban J connectivity index is 1.91. The molecule has 0 aromatic carbocycles. The molecule has 0 radical (unpaired) electrons. The molecule has 0 fully saturated rings. The fraction of sp³-hybridized carbons (Fsp3) is 0.357. The van der Waals surface area contributed by atoms with E-state index in [4.69, 9.17) is 0 Å². The van der Waals surface area contributed by atoms with Crippen LogP contribution in [0, 0.1) is 20.8 Å². The molecule has 122 valence electrons. The Morgan fingerprint density at radius 1 is 1.17 bits per heavy atom. The highest BCUT2D eigenvalue weighted by Gasteiger charge is 2.24. The molecule has 0 saturated carbocycles. The van der Waals surface area contributed by atoms with Crippen molar-refractivity contribution in [3.63, 3.8) is 0 Å². The first-order valence-electron chi connectivity index (χ1n) is 7.10. The summed E-state index contributed by atoms with van der Waals surface area (Å²) in [7, 11) is -1.95. The number of aryl methyl sites for hydroxylation is 3. The number of rotatable bonds is 4. The summed E-state index contributed by atoms with van der Waals surface area (Å²) < 4.78 is 31.0. The Hall–Kier alpha value is -2.26. The summed E-state index contributed by atoms with van der Waals surface area (Å²) in [4.78, 5) is 0.213. The molecule has 0 saturated heterocycles. The van der Waals surface area contributed by atoms with Gasteiger partial charge in [0.2, 0.25) is 10.0 Å². The van der Waals surface area contributed by atoms with Crippen molar-refractivity contribution in [2.75, 3.05) is 0 Å². The van der Waals surface area contributed by atoms with Crippen molar-refractivity contribution in [2.24, 2.45) is 7.05 Å². The van der Waals surface area contributed by atoms with Crippen molar-refractivity contribution in [2.45, 2.75) is 32.2 Å². The molecule has 0 spiro atoms. The van der Waals surface area contributed by atoms with Crippen LogP contribution >= 0.6 is 0 Å². The van der Waals surface area contributed by atoms with Crippen molar-refractivity contribution in [3.05, 3.63) is 41.1 Å². The Kier molecular flexibility index (Phi) is 3.69. The summed E-state index contributed by atoms with van der Waals surface area (Å²) in [6.45, 7) is 5.41. The van der Waals surface area contributed by atoms with E-state index in [1.54, 1.807) is 30.0 Å². The van der Waals surface area contributed by atoms with Gasteiger partial charge >= 0.3 is 0 Å². The predicted octanol–water partition coefficient (Wildman–Crippen LogP) is 0.867. The molecule has 0 amide bonds. The fourth-order valence-electron chi connectivity index (χ4n) is 2.54. The van der Waals surface area contributed by atoms with Crippen LogP contribution in [0.5, 0.6) is 0 Å². The summed E-state index contributed by atoms with van der Waals surface area (Å²) in [6.07, 6.45) is 1.87.